The van der Waals surface area contributed by atoms with Gasteiger partial charge in [0.2, 0.25) is 5.91 Å². The van der Waals surface area contributed by atoms with Crippen molar-refractivity contribution in [2.24, 2.45) is 0 Å². The second kappa shape index (κ2) is 6.04. The van der Waals surface area contributed by atoms with Gasteiger partial charge in [-0.25, -0.2) is 0 Å². The van der Waals surface area contributed by atoms with Crippen LogP contribution in [0.5, 0.6) is 0 Å². The Morgan fingerprint density at radius 1 is 1.10 bits per heavy atom. The third kappa shape index (κ3) is 3.20. The lowest BCUT2D eigenvalue weighted by atomic mass is 9.83. The summed E-state index contributed by atoms with van der Waals surface area (Å²) in [4.78, 5) is 16.2. The van der Waals surface area contributed by atoms with Crippen LogP contribution in [0, 0.1) is 0 Å². The topological polar surface area (TPSA) is 42.0 Å². The van der Waals surface area contributed by atoms with Gasteiger partial charge in [-0.3, -0.25) is 9.78 Å². The number of hydrogen-bond donors (Lipinski definition) is 1. The smallest absolute Gasteiger partial charge is 0.220 e. The molecule has 1 N–H and O–H groups in total. The van der Waals surface area contributed by atoms with Crippen LogP contribution in [0.4, 0.5) is 0 Å². The van der Waals surface area contributed by atoms with Crippen LogP contribution in [-0.2, 0) is 4.79 Å². The molecular weight excluding hydrogens is 307 g/mol. The standard InChI is InChI=1S/C16H14Cl2N2O/c17-11-3-1-10(2-4-11)16-13(5-6-15(21)20-16)14-9-12(18)7-8-19-14/h1-4,7-9,13,16H,5-6H2,(H,20,21)/t13-,16-/m0/s1. The summed E-state index contributed by atoms with van der Waals surface area (Å²) in [5.41, 5.74) is 1.93. The first-order valence-electron chi connectivity index (χ1n) is 6.80. The van der Waals surface area contributed by atoms with Crippen LogP contribution in [0.1, 0.15) is 36.1 Å². The van der Waals surface area contributed by atoms with Crippen molar-refractivity contribution in [3.63, 3.8) is 0 Å². The van der Waals surface area contributed by atoms with E-state index >= 15 is 0 Å². The first kappa shape index (κ1) is 14.4. The lowest BCUT2D eigenvalue weighted by Gasteiger charge is -2.32. The summed E-state index contributed by atoms with van der Waals surface area (Å²) in [5, 5.41) is 4.39. The Hall–Kier alpha value is -1.58. The molecule has 0 unspecified atom stereocenters. The van der Waals surface area contributed by atoms with Crippen molar-refractivity contribution in [1.29, 1.82) is 0 Å². The maximum absolute atomic E-state index is 11.8. The van der Waals surface area contributed by atoms with E-state index in [1.54, 1.807) is 12.3 Å². The Bertz CT molecular complexity index is 658. The molecular formula is C16H14Cl2N2O. The van der Waals surface area contributed by atoms with Gasteiger partial charge in [0.25, 0.3) is 0 Å². The molecule has 0 radical (unpaired) electrons. The molecule has 0 aliphatic carbocycles. The third-order valence-electron chi connectivity index (χ3n) is 3.75. The van der Waals surface area contributed by atoms with Gasteiger partial charge in [0.15, 0.2) is 0 Å². The van der Waals surface area contributed by atoms with E-state index < -0.39 is 0 Å². The summed E-state index contributed by atoms with van der Waals surface area (Å²) in [6.45, 7) is 0. The Kier molecular flexibility index (Phi) is 4.13. The van der Waals surface area contributed by atoms with Crippen LogP contribution < -0.4 is 5.32 Å². The Morgan fingerprint density at radius 2 is 1.86 bits per heavy atom. The summed E-state index contributed by atoms with van der Waals surface area (Å²) in [5.74, 6) is 0.177. The molecule has 1 aromatic carbocycles. The van der Waals surface area contributed by atoms with Crippen molar-refractivity contribution in [2.75, 3.05) is 0 Å². The lowest BCUT2D eigenvalue weighted by Crippen LogP contribution is -2.37. The number of piperidine rings is 1. The minimum Gasteiger partial charge on any atom is -0.349 e. The number of nitrogens with zero attached hydrogens (tertiary/aromatic N) is 1. The van der Waals surface area contributed by atoms with E-state index in [0.717, 1.165) is 17.7 Å². The fraction of sp³-hybridized carbons (Fsp3) is 0.250. The molecule has 0 bridgehead atoms. The highest BCUT2D eigenvalue weighted by atomic mass is 35.5. The number of benzene rings is 1. The fourth-order valence-electron chi connectivity index (χ4n) is 2.73. The van der Waals surface area contributed by atoms with E-state index in [2.05, 4.69) is 10.3 Å². The largest absolute Gasteiger partial charge is 0.349 e. The number of pyridine rings is 1. The summed E-state index contributed by atoms with van der Waals surface area (Å²) < 4.78 is 0. The van der Waals surface area contributed by atoms with E-state index in [-0.39, 0.29) is 17.9 Å². The molecule has 1 aliphatic rings. The number of aromatic nitrogens is 1. The first-order valence-corrected chi connectivity index (χ1v) is 7.55. The van der Waals surface area contributed by atoms with E-state index in [0.29, 0.717) is 16.5 Å². The zero-order valence-corrected chi connectivity index (χ0v) is 12.7. The number of rotatable bonds is 2. The molecule has 0 spiro atoms. The number of carbonyl (C=O) groups excluding carboxylic acids is 1. The van der Waals surface area contributed by atoms with Crippen molar-refractivity contribution in [1.82, 2.24) is 10.3 Å². The molecule has 5 heteroatoms. The summed E-state index contributed by atoms with van der Waals surface area (Å²) in [7, 11) is 0. The van der Waals surface area contributed by atoms with Gasteiger partial charge in [0.05, 0.1) is 6.04 Å². The van der Waals surface area contributed by atoms with Gasteiger partial charge in [-0.1, -0.05) is 35.3 Å². The molecule has 0 saturated carbocycles. The predicted octanol–water partition coefficient (Wildman–Crippen LogP) is 4.12. The summed E-state index contributed by atoms with van der Waals surface area (Å²) in [6.07, 6.45) is 2.96. The van der Waals surface area contributed by atoms with Gasteiger partial charge < -0.3 is 5.32 Å². The molecule has 2 heterocycles. The first-order chi connectivity index (χ1) is 10.1. The maximum Gasteiger partial charge on any atom is 0.220 e. The molecule has 3 nitrogen and oxygen atoms in total. The quantitative estimate of drug-likeness (QED) is 0.904. The van der Waals surface area contributed by atoms with E-state index in [1.165, 1.54) is 0 Å². The Balaban J connectivity index is 1.96. The van der Waals surface area contributed by atoms with E-state index in [4.69, 9.17) is 23.2 Å². The predicted molar refractivity (Wildman–Crippen MR) is 83.6 cm³/mol. The van der Waals surface area contributed by atoms with Gasteiger partial charge >= 0.3 is 0 Å². The number of nitrogens with one attached hydrogen (secondary N) is 1. The molecule has 1 amide bonds. The normalized spacial score (nSPS) is 21.9. The number of hydrogen-bond acceptors (Lipinski definition) is 2. The van der Waals surface area contributed by atoms with Gasteiger partial charge in [-0.05, 0) is 36.2 Å². The highest BCUT2D eigenvalue weighted by Crippen LogP contribution is 2.37. The molecule has 21 heavy (non-hydrogen) atoms. The molecule has 1 aromatic heterocycles. The Labute approximate surface area is 133 Å². The second-order valence-electron chi connectivity index (χ2n) is 5.14. The monoisotopic (exact) mass is 320 g/mol. The number of amides is 1. The highest BCUT2D eigenvalue weighted by molar-refractivity contribution is 6.30. The van der Waals surface area contributed by atoms with Crippen LogP contribution in [0.3, 0.4) is 0 Å². The van der Waals surface area contributed by atoms with Gasteiger partial charge in [0, 0.05) is 34.3 Å². The van der Waals surface area contributed by atoms with Gasteiger partial charge in [0.1, 0.15) is 0 Å². The van der Waals surface area contributed by atoms with Crippen LogP contribution in [-0.4, -0.2) is 10.9 Å². The summed E-state index contributed by atoms with van der Waals surface area (Å²) >= 11 is 12.0. The minimum absolute atomic E-state index is 0.0632. The average molecular weight is 321 g/mol. The minimum atomic E-state index is -0.102. The second-order valence-corrected chi connectivity index (χ2v) is 6.01. The molecule has 3 rings (SSSR count). The van der Waals surface area contributed by atoms with E-state index in [1.807, 2.05) is 30.3 Å². The highest BCUT2D eigenvalue weighted by Gasteiger charge is 2.31. The Morgan fingerprint density at radius 3 is 2.57 bits per heavy atom. The van der Waals surface area contributed by atoms with Crippen molar-refractivity contribution >= 4 is 29.1 Å². The molecule has 2 aromatic rings. The number of halogens is 2. The van der Waals surface area contributed by atoms with Crippen LogP contribution >= 0.6 is 23.2 Å². The van der Waals surface area contributed by atoms with Crippen molar-refractivity contribution in [3.8, 4) is 0 Å². The molecule has 1 fully saturated rings. The van der Waals surface area contributed by atoms with Crippen LogP contribution in [0.15, 0.2) is 42.6 Å². The average Bonchev–Trinajstić information content (AvgIpc) is 2.48. The van der Waals surface area contributed by atoms with Crippen molar-refractivity contribution in [2.45, 2.75) is 24.8 Å². The zero-order chi connectivity index (χ0) is 14.8. The maximum atomic E-state index is 11.8. The number of carbonyl (C=O) groups is 1. The lowest BCUT2D eigenvalue weighted by molar-refractivity contribution is -0.123. The van der Waals surface area contributed by atoms with Gasteiger partial charge in [-0.2, -0.15) is 0 Å². The van der Waals surface area contributed by atoms with E-state index in [9.17, 15) is 4.79 Å². The van der Waals surface area contributed by atoms with Crippen LogP contribution in [0.25, 0.3) is 0 Å². The van der Waals surface area contributed by atoms with Gasteiger partial charge in [-0.15, -0.1) is 0 Å². The fourth-order valence-corrected chi connectivity index (χ4v) is 3.02. The van der Waals surface area contributed by atoms with Crippen molar-refractivity contribution in [3.05, 3.63) is 63.9 Å². The molecule has 108 valence electrons. The van der Waals surface area contributed by atoms with Crippen molar-refractivity contribution < 1.29 is 4.79 Å². The zero-order valence-electron chi connectivity index (χ0n) is 11.2. The summed E-state index contributed by atoms with van der Waals surface area (Å²) in [6, 6.07) is 11.1. The SMILES string of the molecule is O=C1CC[C@@H](c2cc(Cl)ccn2)[C@H](c2ccc(Cl)cc2)N1. The van der Waals surface area contributed by atoms with Crippen LogP contribution in [0.2, 0.25) is 10.0 Å². The third-order valence-corrected chi connectivity index (χ3v) is 4.24. The molecule has 1 aliphatic heterocycles. The molecule has 2 atom stereocenters. The molecule has 1 saturated heterocycles.